The lowest BCUT2D eigenvalue weighted by atomic mass is 9.76. The number of nitrogens with one attached hydrogen (secondary N) is 1. The summed E-state index contributed by atoms with van der Waals surface area (Å²) in [6.45, 7) is 2.87. The molecule has 98 valence electrons. The van der Waals surface area contributed by atoms with E-state index in [0.717, 1.165) is 0 Å². The normalized spacial score (nSPS) is 11.0. The van der Waals surface area contributed by atoms with Crippen LogP contribution in [0.1, 0.15) is 18.1 Å². The molecule has 3 N–H and O–H groups in total. The molecule has 0 fully saturated rings. The quantitative estimate of drug-likeness (QED) is 0.839. The first-order valence-electron chi connectivity index (χ1n) is 6.27. The number of hydrogen-bond acceptors (Lipinski definition) is 1. The first-order valence-corrected chi connectivity index (χ1v) is 6.68. The summed E-state index contributed by atoms with van der Waals surface area (Å²) in [5, 5.41) is 3.42. The molecule has 2 aromatic carbocycles. The Labute approximate surface area is 119 Å². The van der Waals surface area contributed by atoms with Crippen LogP contribution >= 0.6 is 12.2 Å². The highest BCUT2D eigenvalue weighted by Crippen LogP contribution is 2.31. The molecule has 0 amide bonds. The maximum absolute atomic E-state index is 5.58. The summed E-state index contributed by atoms with van der Waals surface area (Å²) in [6, 6.07) is 20.8. The number of hydrogen-bond donors (Lipinski definition) is 2. The molecule has 2 nitrogen and oxygen atoms in total. The monoisotopic (exact) mass is 270 g/mol. The van der Waals surface area contributed by atoms with Crippen molar-refractivity contribution >= 4 is 17.3 Å². The van der Waals surface area contributed by atoms with Gasteiger partial charge >= 0.3 is 0 Å². The molecular weight excluding hydrogens is 252 g/mol. The van der Waals surface area contributed by atoms with Gasteiger partial charge in [-0.2, -0.15) is 0 Å². The maximum atomic E-state index is 5.58. The Hall–Kier alpha value is -1.87. The Kier molecular flexibility index (Phi) is 4.17. The molecule has 0 bridgehead atoms. The summed E-state index contributed by atoms with van der Waals surface area (Å²) < 4.78 is 0. The van der Waals surface area contributed by atoms with Gasteiger partial charge in [0.15, 0.2) is 5.11 Å². The highest BCUT2D eigenvalue weighted by molar-refractivity contribution is 7.80. The summed E-state index contributed by atoms with van der Waals surface area (Å²) in [7, 11) is 0. The summed E-state index contributed by atoms with van der Waals surface area (Å²) in [5.41, 5.74) is 7.90. The molecule has 0 unspecified atom stereocenters. The van der Waals surface area contributed by atoms with Crippen LogP contribution in [0.25, 0.3) is 0 Å². The minimum Gasteiger partial charge on any atom is -0.376 e. The molecule has 0 radical (unpaired) electrons. The first-order chi connectivity index (χ1) is 9.13. The first kappa shape index (κ1) is 13.6. The predicted molar refractivity (Wildman–Crippen MR) is 84.1 cm³/mol. The van der Waals surface area contributed by atoms with Crippen molar-refractivity contribution in [3.8, 4) is 0 Å². The van der Waals surface area contributed by atoms with Gasteiger partial charge in [0.05, 0.1) is 0 Å². The number of rotatable bonds is 4. The van der Waals surface area contributed by atoms with Crippen LogP contribution in [0.15, 0.2) is 60.7 Å². The van der Waals surface area contributed by atoms with Gasteiger partial charge in [-0.15, -0.1) is 0 Å². The van der Waals surface area contributed by atoms with Crippen molar-refractivity contribution in [1.29, 1.82) is 0 Å². The van der Waals surface area contributed by atoms with Crippen LogP contribution in [0, 0.1) is 0 Å². The molecule has 0 saturated carbocycles. The van der Waals surface area contributed by atoms with Gasteiger partial charge in [-0.25, -0.2) is 0 Å². The summed E-state index contributed by atoms with van der Waals surface area (Å²) in [4.78, 5) is 0. The third-order valence-corrected chi connectivity index (χ3v) is 3.58. The van der Waals surface area contributed by atoms with E-state index in [2.05, 4.69) is 60.8 Å². The number of benzene rings is 2. The molecule has 0 aliphatic heterocycles. The van der Waals surface area contributed by atoms with Gasteiger partial charge in [-0.1, -0.05) is 60.7 Å². The lowest BCUT2D eigenvalue weighted by Crippen LogP contribution is -2.41. The van der Waals surface area contributed by atoms with E-state index in [1.807, 2.05) is 12.1 Å². The van der Waals surface area contributed by atoms with Gasteiger partial charge in [0, 0.05) is 12.0 Å². The zero-order valence-electron chi connectivity index (χ0n) is 11.0. The van der Waals surface area contributed by atoms with E-state index in [0.29, 0.717) is 11.7 Å². The van der Waals surface area contributed by atoms with Crippen LogP contribution in [0.4, 0.5) is 0 Å². The molecule has 0 aromatic heterocycles. The van der Waals surface area contributed by atoms with Crippen LogP contribution < -0.4 is 11.1 Å². The standard InChI is InChI=1S/C16H18N2S/c1-16(12-18-15(17)19,13-8-4-2-5-9-13)14-10-6-3-7-11-14/h2-11H,12H2,1H3,(H3,17,18,19). The molecule has 0 atom stereocenters. The molecular formula is C16H18N2S. The van der Waals surface area contributed by atoms with Crippen LogP contribution in [-0.2, 0) is 5.41 Å². The minimum absolute atomic E-state index is 0.161. The highest BCUT2D eigenvalue weighted by atomic mass is 32.1. The van der Waals surface area contributed by atoms with Crippen molar-refractivity contribution in [1.82, 2.24) is 5.32 Å². The lowest BCUT2D eigenvalue weighted by molar-refractivity contribution is 0.555. The lowest BCUT2D eigenvalue weighted by Gasteiger charge is -2.31. The van der Waals surface area contributed by atoms with Crippen molar-refractivity contribution < 1.29 is 0 Å². The molecule has 0 heterocycles. The molecule has 2 rings (SSSR count). The summed E-state index contributed by atoms with van der Waals surface area (Å²) >= 11 is 4.93. The molecule has 0 saturated heterocycles. The van der Waals surface area contributed by atoms with E-state index < -0.39 is 0 Å². The Morgan fingerprint density at radius 1 is 1.00 bits per heavy atom. The zero-order chi connectivity index (χ0) is 13.7. The van der Waals surface area contributed by atoms with Crippen LogP contribution in [-0.4, -0.2) is 11.7 Å². The SMILES string of the molecule is CC(CNC(N)=S)(c1ccccc1)c1ccccc1. The molecule has 0 aliphatic rings. The van der Waals surface area contributed by atoms with Gasteiger partial charge in [-0.05, 0) is 30.3 Å². The zero-order valence-corrected chi connectivity index (χ0v) is 11.8. The molecule has 2 aromatic rings. The van der Waals surface area contributed by atoms with E-state index in [1.165, 1.54) is 11.1 Å². The third-order valence-electron chi connectivity index (χ3n) is 3.44. The van der Waals surface area contributed by atoms with Crippen molar-refractivity contribution in [2.24, 2.45) is 5.73 Å². The van der Waals surface area contributed by atoms with Gasteiger partial charge in [0.1, 0.15) is 0 Å². The van der Waals surface area contributed by atoms with Gasteiger partial charge in [0.25, 0.3) is 0 Å². The Morgan fingerprint density at radius 3 is 1.79 bits per heavy atom. The number of nitrogens with two attached hydrogens (primary N) is 1. The van der Waals surface area contributed by atoms with Gasteiger partial charge in [0.2, 0.25) is 0 Å². The second-order valence-corrected chi connectivity index (χ2v) is 5.22. The summed E-state index contributed by atoms with van der Waals surface area (Å²) in [5.74, 6) is 0. The second-order valence-electron chi connectivity index (χ2n) is 4.78. The van der Waals surface area contributed by atoms with Gasteiger partial charge in [-0.3, -0.25) is 0 Å². The van der Waals surface area contributed by atoms with E-state index in [-0.39, 0.29) is 5.41 Å². The maximum Gasteiger partial charge on any atom is 0.163 e. The van der Waals surface area contributed by atoms with E-state index in [9.17, 15) is 0 Å². The largest absolute Gasteiger partial charge is 0.376 e. The molecule has 19 heavy (non-hydrogen) atoms. The van der Waals surface area contributed by atoms with Crippen LogP contribution in [0.2, 0.25) is 0 Å². The number of thiocarbonyl (C=S) groups is 1. The fraction of sp³-hybridized carbons (Fsp3) is 0.188. The van der Waals surface area contributed by atoms with E-state index in [1.54, 1.807) is 0 Å². The van der Waals surface area contributed by atoms with Crippen molar-refractivity contribution in [3.63, 3.8) is 0 Å². The topological polar surface area (TPSA) is 38.0 Å². The predicted octanol–water partition coefficient (Wildman–Crippen LogP) is 2.83. The Morgan fingerprint density at radius 2 is 1.42 bits per heavy atom. The van der Waals surface area contributed by atoms with Crippen LogP contribution in [0.5, 0.6) is 0 Å². The highest BCUT2D eigenvalue weighted by Gasteiger charge is 2.28. The van der Waals surface area contributed by atoms with Crippen LogP contribution in [0.3, 0.4) is 0 Å². The minimum atomic E-state index is -0.161. The van der Waals surface area contributed by atoms with E-state index >= 15 is 0 Å². The van der Waals surface area contributed by atoms with E-state index in [4.69, 9.17) is 18.0 Å². The second kappa shape index (κ2) is 5.85. The van der Waals surface area contributed by atoms with Crippen molar-refractivity contribution in [2.45, 2.75) is 12.3 Å². The summed E-state index contributed by atoms with van der Waals surface area (Å²) in [6.07, 6.45) is 0. The van der Waals surface area contributed by atoms with Gasteiger partial charge < -0.3 is 11.1 Å². The molecule has 3 heteroatoms. The molecule has 0 spiro atoms. The Balaban J connectivity index is 2.41. The third kappa shape index (κ3) is 3.12. The smallest absolute Gasteiger partial charge is 0.163 e. The van der Waals surface area contributed by atoms with Crippen molar-refractivity contribution in [3.05, 3.63) is 71.8 Å². The average Bonchev–Trinajstić information content (AvgIpc) is 2.46. The fourth-order valence-corrected chi connectivity index (χ4v) is 2.32. The fourth-order valence-electron chi connectivity index (χ4n) is 2.25. The average molecular weight is 270 g/mol. The Bertz CT molecular complexity index is 498. The molecule has 0 aliphatic carbocycles. The van der Waals surface area contributed by atoms with Crippen molar-refractivity contribution in [2.75, 3.05) is 6.54 Å².